The van der Waals surface area contributed by atoms with Gasteiger partial charge in [0.05, 0.1) is 23.2 Å². The van der Waals surface area contributed by atoms with Crippen LogP contribution in [-0.2, 0) is 0 Å². The van der Waals surface area contributed by atoms with E-state index >= 15 is 0 Å². The molecule has 0 atom stereocenters. The molecule has 0 N–H and O–H groups in total. The molecule has 134 valence electrons. The molecule has 1 heterocycles. The molecule has 3 nitrogen and oxygen atoms in total. The molecule has 0 unspecified atom stereocenters. The number of hydrogen-bond acceptors (Lipinski definition) is 3. The van der Waals surface area contributed by atoms with Crippen LogP contribution in [-0.4, -0.2) is 7.11 Å². The first kappa shape index (κ1) is 17.7. The minimum absolute atomic E-state index is 0.505. The smallest absolute Gasteiger partial charge is 0.137 e. The molecule has 0 aliphatic carbocycles. The third-order valence-electron chi connectivity index (χ3n) is 4.15. The van der Waals surface area contributed by atoms with Crippen LogP contribution in [0, 0.1) is 0 Å². The van der Waals surface area contributed by atoms with E-state index in [0.717, 1.165) is 22.1 Å². The molecule has 3 aromatic carbocycles. The van der Waals surface area contributed by atoms with Gasteiger partial charge in [-0.3, -0.25) is 0 Å². The van der Waals surface area contributed by atoms with Crippen molar-refractivity contribution < 1.29 is 9.15 Å². The maximum Gasteiger partial charge on any atom is 0.137 e. The fourth-order valence-corrected chi connectivity index (χ4v) is 3.27. The number of benzene rings is 3. The second kappa shape index (κ2) is 7.47. The number of nitrogens with zero attached hydrogens (tertiary/aromatic N) is 1. The van der Waals surface area contributed by atoms with E-state index < -0.39 is 0 Å². The van der Waals surface area contributed by atoms with Gasteiger partial charge in [-0.05, 0) is 36.4 Å². The molecule has 1 aromatic heterocycles. The van der Waals surface area contributed by atoms with Crippen molar-refractivity contribution >= 4 is 39.9 Å². The first-order chi connectivity index (χ1) is 13.1. The summed E-state index contributed by atoms with van der Waals surface area (Å²) in [6, 6.07) is 22.7. The van der Waals surface area contributed by atoms with E-state index in [1.54, 1.807) is 25.3 Å². The Balaban J connectivity index is 1.97. The molecular formula is C22H15Cl2NO2. The van der Waals surface area contributed by atoms with Gasteiger partial charge in [-0.1, -0.05) is 53.5 Å². The van der Waals surface area contributed by atoms with E-state index in [2.05, 4.69) is 0 Å². The molecule has 0 aliphatic heterocycles. The topological polar surface area (TPSA) is 34.7 Å². The monoisotopic (exact) mass is 395 g/mol. The Kier molecular flexibility index (Phi) is 4.88. The lowest BCUT2D eigenvalue weighted by molar-refractivity contribution is 0.415. The zero-order chi connectivity index (χ0) is 18.8. The van der Waals surface area contributed by atoms with Gasteiger partial charge in [0.1, 0.15) is 17.1 Å². The fraction of sp³-hybridized carbons (Fsp3) is 0.0455. The Bertz CT molecular complexity index is 1180. The summed E-state index contributed by atoms with van der Waals surface area (Å²) in [6.45, 7) is 0. The van der Waals surface area contributed by atoms with E-state index in [1.807, 2.05) is 54.6 Å². The maximum atomic E-state index is 6.24. The number of halogens is 2. The largest absolute Gasteiger partial charge is 0.495 e. The molecule has 0 fully saturated rings. The molecule has 5 heteroatoms. The van der Waals surface area contributed by atoms with Crippen molar-refractivity contribution in [1.29, 1.82) is 0 Å². The molecule has 0 radical (unpaired) electrons. The van der Waals surface area contributed by atoms with Gasteiger partial charge < -0.3 is 9.15 Å². The lowest BCUT2D eigenvalue weighted by Gasteiger charge is -2.06. The highest BCUT2D eigenvalue weighted by Crippen LogP contribution is 2.29. The minimum atomic E-state index is 0.505. The van der Waals surface area contributed by atoms with Crippen LogP contribution < -0.4 is 10.1 Å². The lowest BCUT2D eigenvalue weighted by atomic mass is 10.1. The van der Waals surface area contributed by atoms with Crippen molar-refractivity contribution in [3.05, 3.63) is 88.2 Å². The molecule has 0 amide bonds. The SMILES string of the molecule is COc1ccc(N=c2cc(-c3ccccc3)oc3ccc(Cl)cc23)cc1Cl. The summed E-state index contributed by atoms with van der Waals surface area (Å²) in [6.07, 6.45) is 0. The van der Waals surface area contributed by atoms with Gasteiger partial charge in [0.2, 0.25) is 0 Å². The molecule has 0 aliphatic rings. The van der Waals surface area contributed by atoms with E-state index in [4.69, 9.17) is 37.3 Å². The summed E-state index contributed by atoms with van der Waals surface area (Å²) in [5.74, 6) is 1.33. The second-order valence-electron chi connectivity index (χ2n) is 5.93. The van der Waals surface area contributed by atoms with Crippen molar-refractivity contribution in [3.8, 4) is 17.1 Å². The van der Waals surface area contributed by atoms with Crippen LogP contribution in [0.5, 0.6) is 5.75 Å². The zero-order valence-corrected chi connectivity index (χ0v) is 16.0. The predicted molar refractivity (Wildman–Crippen MR) is 110 cm³/mol. The highest BCUT2D eigenvalue weighted by atomic mass is 35.5. The number of rotatable bonds is 3. The van der Waals surface area contributed by atoms with Gasteiger partial charge in [0.15, 0.2) is 0 Å². The molecular weight excluding hydrogens is 381 g/mol. The van der Waals surface area contributed by atoms with E-state index in [-0.39, 0.29) is 0 Å². The standard InChI is InChI=1S/C22H15Cl2NO2/c1-26-21-10-8-16(12-18(21)24)25-19-13-22(14-5-3-2-4-6-14)27-20-9-7-15(23)11-17(19)20/h2-13H,1H3. The average Bonchev–Trinajstić information content (AvgIpc) is 2.69. The van der Waals surface area contributed by atoms with Gasteiger partial charge in [0, 0.05) is 22.0 Å². The van der Waals surface area contributed by atoms with Gasteiger partial charge in [-0.15, -0.1) is 0 Å². The highest BCUT2D eigenvalue weighted by molar-refractivity contribution is 6.32. The second-order valence-corrected chi connectivity index (χ2v) is 6.78. The van der Waals surface area contributed by atoms with E-state index in [9.17, 15) is 0 Å². The van der Waals surface area contributed by atoms with Crippen LogP contribution in [0.15, 0.2) is 82.2 Å². The zero-order valence-electron chi connectivity index (χ0n) is 14.4. The minimum Gasteiger partial charge on any atom is -0.495 e. The van der Waals surface area contributed by atoms with Crippen molar-refractivity contribution in [1.82, 2.24) is 0 Å². The van der Waals surface area contributed by atoms with Crippen LogP contribution in [0.4, 0.5) is 5.69 Å². The van der Waals surface area contributed by atoms with Gasteiger partial charge in [-0.25, -0.2) is 4.99 Å². The molecule has 0 spiro atoms. The fourth-order valence-electron chi connectivity index (χ4n) is 2.84. The first-order valence-corrected chi connectivity index (χ1v) is 9.07. The van der Waals surface area contributed by atoms with E-state index in [1.165, 1.54) is 0 Å². The molecule has 0 saturated heterocycles. The van der Waals surface area contributed by atoms with Crippen molar-refractivity contribution in [2.75, 3.05) is 7.11 Å². The normalized spacial score (nSPS) is 11.7. The summed E-state index contributed by atoms with van der Waals surface area (Å²) in [5, 5.41) is 2.70. The Morgan fingerprint density at radius 1 is 0.889 bits per heavy atom. The van der Waals surface area contributed by atoms with Gasteiger partial charge in [-0.2, -0.15) is 0 Å². The molecule has 0 saturated carbocycles. The van der Waals surface area contributed by atoms with Crippen LogP contribution in [0.2, 0.25) is 10.0 Å². The average molecular weight is 396 g/mol. The molecule has 4 rings (SSSR count). The van der Waals surface area contributed by atoms with Crippen molar-refractivity contribution in [2.45, 2.75) is 0 Å². The van der Waals surface area contributed by atoms with Crippen LogP contribution in [0.25, 0.3) is 22.3 Å². The molecule has 4 aromatic rings. The number of ether oxygens (including phenoxy) is 1. The quantitative estimate of drug-likeness (QED) is 0.389. The van der Waals surface area contributed by atoms with Crippen LogP contribution in [0.1, 0.15) is 0 Å². The third-order valence-corrected chi connectivity index (χ3v) is 4.68. The van der Waals surface area contributed by atoms with Gasteiger partial charge >= 0.3 is 0 Å². The van der Waals surface area contributed by atoms with Gasteiger partial charge in [0.25, 0.3) is 0 Å². The Hall–Kier alpha value is -2.75. The summed E-state index contributed by atoms with van der Waals surface area (Å²) >= 11 is 12.4. The molecule has 27 heavy (non-hydrogen) atoms. The van der Waals surface area contributed by atoms with E-state index in [0.29, 0.717) is 27.1 Å². The van der Waals surface area contributed by atoms with Crippen LogP contribution >= 0.6 is 23.2 Å². The number of hydrogen-bond donors (Lipinski definition) is 0. The third kappa shape index (κ3) is 3.70. The summed E-state index contributed by atoms with van der Waals surface area (Å²) in [4.78, 5) is 4.77. The molecule has 0 bridgehead atoms. The van der Waals surface area contributed by atoms with Crippen molar-refractivity contribution in [2.24, 2.45) is 4.99 Å². The summed E-state index contributed by atoms with van der Waals surface area (Å²) in [7, 11) is 1.58. The predicted octanol–water partition coefficient (Wildman–Crippen LogP) is 6.65. The Labute approximate surface area is 166 Å². The highest BCUT2D eigenvalue weighted by Gasteiger charge is 2.07. The Morgan fingerprint density at radius 2 is 1.70 bits per heavy atom. The van der Waals surface area contributed by atoms with Crippen LogP contribution in [0.3, 0.4) is 0 Å². The summed E-state index contributed by atoms with van der Waals surface area (Å²) in [5.41, 5.74) is 2.39. The maximum absolute atomic E-state index is 6.24. The Morgan fingerprint density at radius 3 is 2.44 bits per heavy atom. The first-order valence-electron chi connectivity index (χ1n) is 8.31. The number of fused-ring (bicyclic) bond motifs is 1. The van der Waals surface area contributed by atoms with Crippen molar-refractivity contribution in [3.63, 3.8) is 0 Å². The lowest BCUT2D eigenvalue weighted by Crippen LogP contribution is -2.03. The summed E-state index contributed by atoms with van der Waals surface area (Å²) < 4.78 is 11.3. The number of methoxy groups -OCH3 is 1.